The molecule has 0 aliphatic rings. The van der Waals surface area contributed by atoms with Gasteiger partial charge in [-0.3, -0.25) is 4.79 Å². The van der Waals surface area contributed by atoms with E-state index in [4.69, 9.17) is 15.6 Å². The van der Waals surface area contributed by atoms with Crippen molar-refractivity contribution in [3.63, 3.8) is 0 Å². The zero-order chi connectivity index (χ0) is 13.7. The first-order chi connectivity index (χ1) is 8.41. The maximum atomic E-state index is 10.5. The van der Waals surface area contributed by atoms with E-state index < -0.39 is 12.0 Å². The van der Waals surface area contributed by atoms with Gasteiger partial charge in [0.25, 0.3) is 0 Å². The van der Waals surface area contributed by atoms with Gasteiger partial charge in [-0.25, -0.2) is 0 Å². The molecule has 4 heteroatoms. The molecule has 0 aliphatic heterocycles. The molecule has 0 radical (unpaired) electrons. The van der Waals surface area contributed by atoms with Gasteiger partial charge in [-0.1, -0.05) is 17.7 Å². The van der Waals surface area contributed by atoms with Crippen molar-refractivity contribution in [2.75, 3.05) is 6.61 Å². The number of hydrogen-bond donors (Lipinski definition) is 2. The second-order valence-corrected chi connectivity index (χ2v) is 4.66. The Labute approximate surface area is 108 Å². The fourth-order valence-electron chi connectivity index (χ4n) is 2.00. The van der Waals surface area contributed by atoms with E-state index in [0.29, 0.717) is 19.4 Å². The lowest BCUT2D eigenvalue weighted by molar-refractivity contribution is -0.138. The van der Waals surface area contributed by atoms with E-state index in [-0.39, 0.29) is 0 Å². The van der Waals surface area contributed by atoms with Crippen molar-refractivity contribution in [2.45, 2.75) is 39.7 Å². The highest BCUT2D eigenvalue weighted by molar-refractivity contribution is 5.72. The van der Waals surface area contributed by atoms with Gasteiger partial charge in [0.2, 0.25) is 0 Å². The van der Waals surface area contributed by atoms with Gasteiger partial charge in [-0.05, 0) is 44.7 Å². The molecule has 0 fully saturated rings. The van der Waals surface area contributed by atoms with Crippen LogP contribution in [0, 0.1) is 20.8 Å². The molecule has 0 saturated heterocycles. The van der Waals surface area contributed by atoms with E-state index in [1.54, 1.807) is 0 Å². The Morgan fingerprint density at radius 2 is 1.89 bits per heavy atom. The lowest BCUT2D eigenvalue weighted by atomic mass is 10.1. The summed E-state index contributed by atoms with van der Waals surface area (Å²) in [5.74, 6) is -0.0674. The molecule has 3 N–H and O–H groups in total. The number of ether oxygens (including phenoxy) is 1. The molecular weight excluding hydrogens is 230 g/mol. The summed E-state index contributed by atoms with van der Waals surface area (Å²) >= 11 is 0. The summed E-state index contributed by atoms with van der Waals surface area (Å²) in [6, 6.07) is 3.35. The van der Waals surface area contributed by atoms with Crippen LogP contribution in [0.1, 0.15) is 29.5 Å². The topological polar surface area (TPSA) is 72.5 Å². The smallest absolute Gasteiger partial charge is 0.320 e. The van der Waals surface area contributed by atoms with Crippen LogP contribution in [0.15, 0.2) is 12.1 Å². The van der Waals surface area contributed by atoms with Crippen molar-refractivity contribution in [3.8, 4) is 5.75 Å². The SMILES string of the molecule is Cc1cc(C)c(OCCCC(N)C(=O)O)c(C)c1. The van der Waals surface area contributed by atoms with Crippen molar-refractivity contribution >= 4 is 5.97 Å². The first kappa shape index (κ1) is 14.5. The number of aliphatic carboxylic acids is 1. The molecule has 100 valence electrons. The number of hydrogen-bond acceptors (Lipinski definition) is 3. The van der Waals surface area contributed by atoms with Gasteiger partial charge in [0, 0.05) is 0 Å². The maximum absolute atomic E-state index is 10.5. The van der Waals surface area contributed by atoms with Crippen molar-refractivity contribution < 1.29 is 14.6 Å². The maximum Gasteiger partial charge on any atom is 0.320 e. The highest BCUT2D eigenvalue weighted by Crippen LogP contribution is 2.24. The van der Waals surface area contributed by atoms with E-state index >= 15 is 0 Å². The predicted molar refractivity (Wildman–Crippen MR) is 71.0 cm³/mol. The van der Waals surface area contributed by atoms with Gasteiger partial charge in [0.05, 0.1) is 6.61 Å². The summed E-state index contributed by atoms with van der Waals surface area (Å²) in [7, 11) is 0. The molecule has 0 bridgehead atoms. The van der Waals surface area contributed by atoms with Crippen molar-refractivity contribution in [1.29, 1.82) is 0 Å². The Morgan fingerprint density at radius 3 is 2.39 bits per heavy atom. The molecule has 0 aromatic heterocycles. The third-order valence-electron chi connectivity index (χ3n) is 2.83. The highest BCUT2D eigenvalue weighted by atomic mass is 16.5. The summed E-state index contributed by atoms with van der Waals surface area (Å²) in [4.78, 5) is 10.5. The Kier molecular flexibility index (Phi) is 5.16. The quantitative estimate of drug-likeness (QED) is 0.760. The van der Waals surface area contributed by atoms with Gasteiger partial charge in [-0.2, -0.15) is 0 Å². The molecule has 18 heavy (non-hydrogen) atoms. The molecule has 1 unspecified atom stereocenters. The Hall–Kier alpha value is -1.55. The van der Waals surface area contributed by atoms with Gasteiger partial charge in [0.1, 0.15) is 11.8 Å². The zero-order valence-corrected chi connectivity index (χ0v) is 11.2. The minimum absolute atomic E-state index is 0.430. The van der Waals surface area contributed by atoms with E-state index in [9.17, 15) is 4.79 Å². The lowest BCUT2D eigenvalue weighted by Gasteiger charge is -2.13. The van der Waals surface area contributed by atoms with Crippen LogP contribution in [0.2, 0.25) is 0 Å². The monoisotopic (exact) mass is 251 g/mol. The number of benzene rings is 1. The molecule has 1 atom stereocenters. The fourth-order valence-corrected chi connectivity index (χ4v) is 2.00. The largest absolute Gasteiger partial charge is 0.493 e. The van der Waals surface area contributed by atoms with Crippen LogP contribution < -0.4 is 10.5 Å². The minimum atomic E-state index is -0.960. The second kappa shape index (κ2) is 6.40. The first-order valence-corrected chi connectivity index (χ1v) is 6.11. The zero-order valence-electron chi connectivity index (χ0n) is 11.2. The number of nitrogens with two attached hydrogens (primary N) is 1. The standard InChI is InChI=1S/C14H21NO3/c1-9-7-10(2)13(11(3)8-9)18-6-4-5-12(15)14(16)17/h7-8,12H,4-6,15H2,1-3H3,(H,16,17). The fraction of sp³-hybridized carbons (Fsp3) is 0.500. The number of carbonyl (C=O) groups is 1. The second-order valence-electron chi connectivity index (χ2n) is 4.66. The molecule has 0 amide bonds. The molecule has 0 heterocycles. The average molecular weight is 251 g/mol. The third-order valence-corrected chi connectivity index (χ3v) is 2.83. The van der Waals surface area contributed by atoms with Crippen LogP contribution in [-0.4, -0.2) is 23.7 Å². The van der Waals surface area contributed by atoms with Crippen LogP contribution in [0.5, 0.6) is 5.75 Å². The van der Waals surface area contributed by atoms with Crippen LogP contribution in [0.4, 0.5) is 0 Å². The van der Waals surface area contributed by atoms with Gasteiger partial charge >= 0.3 is 5.97 Å². The molecule has 1 aromatic rings. The van der Waals surface area contributed by atoms with Gasteiger partial charge in [0.15, 0.2) is 0 Å². The molecule has 4 nitrogen and oxygen atoms in total. The van der Waals surface area contributed by atoms with Crippen LogP contribution in [0.25, 0.3) is 0 Å². The lowest BCUT2D eigenvalue weighted by Crippen LogP contribution is -2.30. The summed E-state index contributed by atoms with van der Waals surface area (Å²) in [5, 5.41) is 8.65. The van der Waals surface area contributed by atoms with Crippen LogP contribution >= 0.6 is 0 Å². The highest BCUT2D eigenvalue weighted by Gasteiger charge is 2.11. The number of rotatable bonds is 6. The Balaban J connectivity index is 2.47. The molecule has 0 aliphatic carbocycles. The number of aryl methyl sites for hydroxylation is 3. The van der Waals surface area contributed by atoms with Gasteiger partial charge < -0.3 is 15.6 Å². The summed E-state index contributed by atoms with van der Waals surface area (Å²) in [6.45, 7) is 6.57. The Bertz CT molecular complexity index is 406. The van der Waals surface area contributed by atoms with Gasteiger partial charge in [-0.15, -0.1) is 0 Å². The van der Waals surface area contributed by atoms with E-state index in [0.717, 1.165) is 16.9 Å². The van der Waals surface area contributed by atoms with Crippen molar-refractivity contribution in [1.82, 2.24) is 0 Å². The number of carboxylic acids is 1. The van der Waals surface area contributed by atoms with E-state index in [2.05, 4.69) is 19.1 Å². The van der Waals surface area contributed by atoms with E-state index in [1.165, 1.54) is 5.56 Å². The normalized spacial score (nSPS) is 12.2. The average Bonchev–Trinajstić information content (AvgIpc) is 2.26. The van der Waals surface area contributed by atoms with Crippen molar-refractivity contribution in [3.05, 3.63) is 28.8 Å². The molecule has 1 rings (SSSR count). The summed E-state index contributed by atoms with van der Waals surface area (Å²) in [6.07, 6.45) is 1.07. The summed E-state index contributed by atoms with van der Waals surface area (Å²) < 4.78 is 5.70. The molecular formula is C14H21NO3. The van der Waals surface area contributed by atoms with Crippen molar-refractivity contribution in [2.24, 2.45) is 5.73 Å². The van der Waals surface area contributed by atoms with Crippen LogP contribution in [-0.2, 0) is 4.79 Å². The third kappa shape index (κ3) is 4.04. The molecule has 0 spiro atoms. The minimum Gasteiger partial charge on any atom is -0.493 e. The molecule has 0 saturated carbocycles. The van der Waals surface area contributed by atoms with Crippen LogP contribution in [0.3, 0.4) is 0 Å². The Morgan fingerprint density at radius 1 is 1.33 bits per heavy atom. The van der Waals surface area contributed by atoms with E-state index in [1.807, 2.05) is 13.8 Å². The predicted octanol–water partition coefficient (Wildman–Crippen LogP) is 2.18. The summed E-state index contributed by atoms with van der Waals surface area (Å²) in [5.41, 5.74) is 8.85. The molecule has 1 aromatic carbocycles. The first-order valence-electron chi connectivity index (χ1n) is 6.11. The number of carboxylic acid groups (broad SMARTS) is 1.